The van der Waals surface area contributed by atoms with Gasteiger partial charge in [0.1, 0.15) is 0 Å². The smallest absolute Gasteiger partial charge is 0.153 e. The molecule has 1 aromatic carbocycles. The van der Waals surface area contributed by atoms with Crippen molar-refractivity contribution in [2.45, 2.75) is 54.9 Å². The second-order valence-electron chi connectivity index (χ2n) is 5.38. The maximum Gasteiger partial charge on any atom is 0.153 e. The lowest BCUT2D eigenvalue weighted by Gasteiger charge is -2.21. The predicted octanol–water partition coefficient (Wildman–Crippen LogP) is 6.62. The van der Waals surface area contributed by atoms with Crippen molar-refractivity contribution >= 4 is 5.57 Å². The Hall–Kier alpha value is -2.68. The molecule has 1 aliphatic rings. The Morgan fingerprint density at radius 2 is 1.52 bits per heavy atom. The average Bonchev–Trinajstić information content (AvgIpc) is 3.19. The average molecular weight is 364 g/mol. The first-order valence-corrected chi connectivity index (χ1v) is 10.0. The van der Waals surface area contributed by atoms with E-state index >= 15 is 0 Å². The zero-order valence-corrected chi connectivity index (χ0v) is 17.9. The number of aromatic nitrogens is 3. The number of aryl methyl sites for hydroxylation is 1. The third kappa shape index (κ3) is 4.94. The molecule has 0 saturated carbocycles. The van der Waals surface area contributed by atoms with E-state index in [4.69, 9.17) is 4.98 Å². The third-order valence-corrected chi connectivity index (χ3v) is 3.94. The number of rotatable bonds is 1. The van der Waals surface area contributed by atoms with Crippen molar-refractivity contribution in [1.82, 2.24) is 14.8 Å². The van der Waals surface area contributed by atoms with Gasteiger partial charge in [0.25, 0.3) is 0 Å². The summed E-state index contributed by atoms with van der Waals surface area (Å²) in [5, 5.41) is 4.42. The summed E-state index contributed by atoms with van der Waals surface area (Å²) in [7, 11) is 0. The van der Waals surface area contributed by atoms with E-state index in [1.54, 1.807) is 0 Å². The summed E-state index contributed by atoms with van der Waals surface area (Å²) in [4.78, 5) is 4.79. The molecule has 0 atom stereocenters. The Bertz CT molecular complexity index is 860. The highest BCUT2D eigenvalue weighted by atomic mass is 15.3. The Morgan fingerprint density at radius 1 is 0.852 bits per heavy atom. The number of fused-ring (bicyclic) bond motifs is 2. The van der Waals surface area contributed by atoms with Crippen molar-refractivity contribution in [1.29, 1.82) is 0 Å². The number of pyridine rings is 1. The Balaban J connectivity index is 0.000000556. The van der Waals surface area contributed by atoms with Crippen molar-refractivity contribution < 1.29 is 0 Å². The highest BCUT2D eigenvalue weighted by Gasteiger charge is 2.20. The van der Waals surface area contributed by atoms with Crippen LogP contribution in [-0.4, -0.2) is 14.8 Å². The number of nitrogens with zero attached hydrogens (tertiary/aromatic N) is 3. The first kappa shape index (κ1) is 22.4. The molecular formula is C24H33N3. The van der Waals surface area contributed by atoms with Gasteiger partial charge in [-0.1, -0.05) is 72.4 Å². The van der Waals surface area contributed by atoms with Gasteiger partial charge in [-0.25, -0.2) is 9.67 Å². The number of hydrogen-bond acceptors (Lipinski definition) is 2. The van der Waals surface area contributed by atoms with Crippen molar-refractivity contribution in [2.24, 2.45) is 0 Å². The number of benzene rings is 1. The van der Waals surface area contributed by atoms with E-state index in [9.17, 15) is 0 Å². The topological polar surface area (TPSA) is 30.7 Å². The van der Waals surface area contributed by atoms with Gasteiger partial charge in [-0.15, -0.1) is 0 Å². The largest absolute Gasteiger partial charge is 0.233 e. The van der Waals surface area contributed by atoms with Crippen LogP contribution in [0.15, 0.2) is 55.2 Å². The fraction of sp³-hybridized carbons (Fsp3) is 0.333. The summed E-state index contributed by atoms with van der Waals surface area (Å²) < 4.78 is 1.82. The molecule has 3 heteroatoms. The fourth-order valence-electron chi connectivity index (χ4n) is 2.86. The molecule has 0 fully saturated rings. The van der Waals surface area contributed by atoms with Crippen LogP contribution in [0.3, 0.4) is 0 Å². The second kappa shape index (κ2) is 11.1. The van der Waals surface area contributed by atoms with E-state index in [1.165, 1.54) is 11.1 Å². The lowest BCUT2D eigenvalue weighted by molar-refractivity contribution is 0.820. The zero-order chi connectivity index (χ0) is 20.4. The van der Waals surface area contributed by atoms with E-state index < -0.39 is 0 Å². The summed E-state index contributed by atoms with van der Waals surface area (Å²) in [6.07, 6.45) is 2.79. The van der Waals surface area contributed by atoms with E-state index in [2.05, 4.69) is 42.0 Å². The Labute approximate surface area is 164 Å². The van der Waals surface area contributed by atoms with E-state index in [-0.39, 0.29) is 0 Å². The molecule has 0 saturated heterocycles. The lowest BCUT2D eigenvalue weighted by Crippen LogP contribution is -2.10. The lowest BCUT2D eigenvalue weighted by atomic mass is 9.86. The summed E-state index contributed by atoms with van der Waals surface area (Å²) in [5.41, 5.74) is 6.78. The molecule has 0 spiro atoms. The molecule has 144 valence electrons. The molecule has 27 heavy (non-hydrogen) atoms. The molecule has 0 radical (unpaired) electrons. The van der Waals surface area contributed by atoms with Crippen LogP contribution in [0.1, 0.15) is 69.6 Å². The Kier molecular flexibility index (Phi) is 9.21. The van der Waals surface area contributed by atoms with Gasteiger partial charge >= 0.3 is 0 Å². The van der Waals surface area contributed by atoms with Crippen LogP contribution in [-0.2, 0) is 6.42 Å². The van der Waals surface area contributed by atoms with E-state index in [0.29, 0.717) is 0 Å². The van der Waals surface area contributed by atoms with Crippen LogP contribution in [0.2, 0.25) is 0 Å². The van der Waals surface area contributed by atoms with E-state index in [1.807, 2.05) is 71.5 Å². The van der Waals surface area contributed by atoms with Crippen LogP contribution in [0.4, 0.5) is 0 Å². The summed E-state index contributed by atoms with van der Waals surface area (Å²) in [6.45, 7) is 18.2. The minimum Gasteiger partial charge on any atom is -0.233 e. The highest BCUT2D eigenvalue weighted by Crippen LogP contribution is 2.33. The third-order valence-electron chi connectivity index (χ3n) is 3.94. The summed E-state index contributed by atoms with van der Waals surface area (Å²) in [5.74, 6) is 0.856. The van der Waals surface area contributed by atoms with Crippen molar-refractivity contribution in [3.8, 4) is 5.82 Å². The molecule has 1 aliphatic carbocycles. The molecule has 2 aromatic heterocycles. The van der Waals surface area contributed by atoms with Gasteiger partial charge in [0.15, 0.2) is 5.82 Å². The quantitative estimate of drug-likeness (QED) is 0.380. The standard InChI is InChI=1S/C18H15N3.3C2H6/c1-12-9-10-21(20-12)18-8-7-16-13(2)15-6-4-3-5-14(15)11-17(16)19-18;3*1-2/h3-10H,2,11H2,1H3;3*1-2H3. The molecule has 3 nitrogen and oxygen atoms in total. The van der Waals surface area contributed by atoms with Crippen LogP contribution in [0.25, 0.3) is 11.4 Å². The molecular weight excluding hydrogens is 330 g/mol. The van der Waals surface area contributed by atoms with Crippen molar-refractivity contribution in [3.63, 3.8) is 0 Å². The molecule has 2 heterocycles. The maximum atomic E-state index is 4.79. The van der Waals surface area contributed by atoms with Crippen LogP contribution >= 0.6 is 0 Å². The van der Waals surface area contributed by atoms with Crippen LogP contribution < -0.4 is 0 Å². The molecule has 4 rings (SSSR count). The SMILES string of the molecule is C=C1c2ccccc2Cc2nc(-n3ccc(C)n3)ccc21.CC.CC.CC. The normalized spacial score (nSPS) is 10.7. The van der Waals surface area contributed by atoms with Gasteiger partial charge in [0, 0.05) is 18.2 Å². The second-order valence-corrected chi connectivity index (χ2v) is 5.38. The molecule has 0 unspecified atom stereocenters. The van der Waals surface area contributed by atoms with Gasteiger partial charge in [-0.3, -0.25) is 0 Å². The monoisotopic (exact) mass is 363 g/mol. The summed E-state index contributed by atoms with van der Waals surface area (Å²) >= 11 is 0. The van der Waals surface area contributed by atoms with Crippen molar-refractivity contribution in [3.05, 3.63) is 83.3 Å². The number of hydrogen-bond donors (Lipinski definition) is 0. The first-order valence-electron chi connectivity index (χ1n) is 10.0. The molecule has 0 bridgehead atoms. The molecule has 0 aliphatic heterocycles. The van der Waals surface area contributed by atoms with E-state index in [0.717, 1.165) is 34.8 Å². The van der Waals surface area contributed by atoms with Gasteiger partial charge in [-0.05, 0) is 41.8 Å². The minimum atomic E-state index is 0.846. The Morgan fingerprint density at radius 3 is 2.15 bits per heavy atom. The molecule has 0 amide bonds. The highest BCUT2D eigenvalue weighted by molar-refractivity contribution is 5.83. The van der Waals surface area contributed by atoms with Crippen molar-refractivity contribution in [2.75, 3.05) is 0 Å². The van der Waals surface area contributed by atoms with Gasteiger partial charge < -0.3 is 0 Å². The van der Waals surface area contributed by atoms with Gasteiger partial charge in [-0.2, -0.15) is 5.10 Å². The predicted molar refractivity (Wildman–Crippen MR) is 118 cm³/mol. The van der Waals surface area contributed by atoms with Crippen LogP contribution in [0, 0.1) is 6.92 Å². The fourth-order valence-corrected chi connectivity index (χ4v) is 2.86. The van der Waals surface area contributed by atoms with Crippen LogP contribution in [0.5, 0.6) is 0 Å². The molecule has 3 aromatic rings. The zero-order valence-electron chi connectivity index (χ0n) is 17.9. The van der Waals surface area contributed by atoms with Gasteiger partial charge in [0.2, 0.25) is 0 Å². The molecule has 0 N–H and O–H groups in total. The summed E-state index contributed by atoms with van der Waals surface area (Å²) in [6, 6.07) is 14.5. The minimum absolute atomic E-state index is 0.846. The first-order chi connectivity index (χ1) is 13.2. The maximum absolute atomic E-state index is 4.79. The van der Waals surface area contributed by atoms with Gasteiger partial charge in [0.05, 0.1) is 11.4 Å².